The van der Waals surface area contributed by atoms with E-state index >= 15 is 0 Å². The van der Waals surface area contributed by atoms with E-state index in [1.807, 2.05) is 23.1 Å². The molecule has 1 aromatic rings. The normalized spacial score (nSPS) is 22.8. The number of hydrogen-bond donors (Lipinski definition) is 2. The van der Waals surface area contributed by atoms with Gasteiger partial charge in [-0.2, -0.15) is 0 Å². The summed E-state index contributed by atoms with van der Waals surface area (Å²) in [6, 6.07) is 10.3. The Bertz CT molecular complexity index is 647. The molecule has 1 aromatic carbocycles. The van der Waals surface area contributed by atoms with Gasteiger partial charge in [-0.1, -0.05) is 44.2 Å². The van der Waals surface area contributed by atoms with Crippen LogP contribution in [0.5, 0.6) is 0 Å². The van der Waals surface area contributed by atoms with Crippen LogP contribution < -0.4 is 10.6 Å². The fourth-order valence-electron chi connectivity index (χ4n) is 4.42. The summed E-state index contributed by atoms with van der Waals surface area (Å²) >= 11 is 0. The molecule has 0 aromatic heterocycles. The number of nitrogens with zero attached hydrogens (tertiary/aromatic N) is 1. The quantitative estimate of drug-likeness (QED) is 0.711. The van der Waals surface area contributed by atoms with E-state index in [1.54, 1.807) is 0 Å². The van der Waals surface area contributed by atoms with Gasteiger partial charge in [0, 0.05) is 25.6 Å². The predicted molar refractivity (Wildman–Crippen MR) is 119 cm³/mol. The standard InChI is InChI=1S/C23H35N3O2.ClH/c1-17(2)20(14-18-8-4-3-5-9-18)23(28)26-13-7-10-19(16-26)15-25-22(27)21-11-6-12-24-21;/h3-5,8-9,17,19-21,24H,6-7,10-16H2,1-2H3,(H,25,27);1H. The van der Waals surface area contributed by atoms with Crippen molar-refractivity contribution in [3.63, 3.8) is 0 Å². The second kappa shape index (κ2) is 11.6. The predicted octanol–water partition coefficient (Wildman–Crippen LogP) is 3.03. The smallest absolute Gasteiger partial charge is 0.237 e. The van der Waals surface area contributed by atoms with Crippen molar-refractivity contribution in [1.82, 2.24) is 15.5 Å². The van der Waals surface area contributed by atoms with Gasteiger partial charge in [0.25, 0.3) is 0 Å². The molecule has 0 radical (unpaired) electrons. The lowest BCUT2D eigenvalue weighted by Crippen LogP contribution is -2.48. The van der Waals surface area contributed by atoms with Gasteiger partial charge in [0.1, 0.15) is 0 Å². The minimum absolute atomic E-state index is 0. The Morgan fingerprint density at radius 1 is 1.17 bits per heavy atom. The zero-order valence-corrected chi connectivity index (χ0v) is 18.5. The largest absolute Gasteiger partial charge is 0.354 e. The molecule has 6 heteroatoms. The molecule has 5 nitrogen and oxygen atoms in total. The maximum atomic E-state index is 13.3. The average molecular weight is 422 g/mol. The monoisotopic (exact) mass is 421 g/mol. The third-order valence-electron chi connectivity index (χ3n) is 6.19. The van der Waals surface area contributed by atoms with Crippen LogP contribution in [-0.2, 0) is 16.0 Å². The topological polar surface area (TPSA) is 61.4 Å². The summed E-state index contributed by atoms with van der Waals surface area (Å²) in [4.78, 5) is 27.6. The molecule has 2 heterocycles. The number of hydrogen-bond acceptors (Lipinski definition) is 3. The fraction of sp³-hybridized carbons (Fsp3) is 0.652. The fourth-order valence-corrected chi connectivity index (χ4v) is 4.42. The van der Waals surface area contributed by atoms with Crippen LogP contribution in [0.15, 0.2) is 30.3 Å². The Balaban J connectivity index is 0.00000300. The summed E-state index contributed by atoms with van der Waals surface area (Å²) in [5.74, 6) is 1.06. The van der Waals surface area contributed by atoms with Gasteiger partial charge in [-0.3, -0.25) is 9.59 Å². The zero-order chi connectivity index (χ0) is 19.9. The third kappa shape index (κ3) is 6.71. The molecule has 0 bridgehead atoms. The summed E-state index contributed by atoms with van der Waals surface area (Å²) in [6.45, 7) is 7.48. The second-order valence-corrected chi connectivity index (χ2v) is 8.73. The Kier molecular flexibility index (Phi) is 9.44. The van der Waals surface area contributed by atoms with E-state index in [4.69, 9.17) is 0 Å². The minimum atomic E-state index is -0.0301. The van der Waals surface area contributed by atoms with E-state index < -0.39 is 0 Å². The van der Waals surface area contributed by atoms with E-state index in [1.165, 1.54) is 5.56 Å². The maximum absolute atomic E-state index is 13.3. The molecule has 29 heavy (non-hydrogen) atoms. The van der Waals surface area contributed by atoms with Crippen molar-refractivity contribution >= 4 is 24.2 Å². The molecule has 162 valence electrons. The van der Waals surface area contributed by atoms with Crippen molar-refractivity contribution in [1.29, 1.82) is 0 Å². The van der Waals surface area contributed by atoms with Crippen LogP contribution in [0.4, 0.5) is 0 Å². The van der Waals surface area contributed by atoms with E-state index in [0.717, 1.165) is 51.7 Å². The van der Waals surface area contributed by atoms with Gasteiger partial charge in [-0.25, -0.2) is 0 Å². The Morgan fingerprint density at radius 3 is 2.59 bits per heavy atom. The highest BCUT2D eigenvalue weighted by Gasteiger charge is 2.31. The molecule has 2 saturated heterocycles. The van der Waals surface area contributed by atoms with E-state index in [0.29, 0.717) is 18.4 Å². The average Bonchev–Trinajstić information content (AvgIpc) is 3.25. The van der Waals surface area contributed by atoms with Crippen molar-refractivity contribution in [2.24, 2.45) is 17.8 Å². The second-order valence-electron chi connectivity index (χ2n) is 8.73. The molecule has 2 aliphatic rings. The highest BCUT2D eigenvalue weighted by molar-refractivity contribution is 5.85. The van der Waals surface area contributed by atoms with Crippen LogP contribution in [0.2, 0.25) is 0 Å². The highest BCUT2D eigenvalue weighted by Crippen LogP contribution is 2.24. The maximum Gasteiger partial charge on any atom is 0.237 e. The number of likely N-dealkylation sites (tertiary alicyclic amines) is 1. The van der Waals surface area contributed by atoms with Crippen molar-refractivity contribution in [2.45, 2.75) is 52.0 Å². The number of benzene rings is 1. The number of carbonyl (C=O) groups excluding carboxylic acids is 2. The highest BCUT2D eigenvalue weighted by atomic mass is 35.5. The summed E-state index contributed by atoms with van der Waals surface area (Å²) in [5, 5.41) is 6.35. The molecule has 2 fully saturated rings. The molecule has 0 saturated carbocycles. The van der Waals surface area contributed by atoms with E-state index in [2.05, 4.69) is 36.6 Å². The zero-order valence-electron chi connectivity index (χ0n) is 17.7. The van der Waals surface area contributed by atoms with Crippen molar-refractivity contribution in [2.75, 3.05) is 26.2 Å². The first kappa shape index (κ1) is 23.7. The van der Waals surface area contributed by atoms with Crippen LogP contribution in [-0.4, -0.2) is 48.9 Å². The number of nitrogens with one attached hydrogen (secondary N) is 2. The Morgan fingerprint density at radius 2 is 1.93 bits per heavy atom. The van der Waals surface area contributed by atoms with Gasteiger partial charge < -0.3 is 15.5 Å². The van der Waals surface area contributed by atoms with Crippen LogP contribution in [0.25, 0.3) is 0 Å². The molecule has 3 atom stereocenters. The molecule has 2 amide bonds. The SMILES string of the molecule is CC(C)C(Cc1ccccc1)C(=O)N1CCCC(CNC(=O)C2CCCN2)C1.Cl. The van der Waals surface area contributed by atoms with E-state index in [-0.39, 0.29) is 36.2 Å². The molecule has 3 rings (SSSR count). The summed E-state index contributed by atoms with van der Waals surface area (Å²) < 4.78 is 0. The summed E-state index contributed by atoms with van der Waals surface area (Å²) in [6.07, 6.45) is 4.89. The molecule has 2 N–H and O–H groups in total. The molecular formula is C23H36ClN3O2. The van der Waals surface area contributed by atoms with Crippen molar-refractivity contribution < 1.29 is 9.59 Å². The molecule has 3 unspecified atom stereocenters. The van der Waals surface area contributed by atoms with Crippen molar-refractivity contribution in [3.05, 3.63) is 35.9 Å². The van der Waals surface area contributed by atoms with Gasteiger partial charge in [0.2, 0.25) is 11.8 Å². The Hall–Kier alpha value is -1.59. The van der Waals surface area contributed by atoms with Crippen LogP contribution in [0.1, 0.15) is 45.1 Å². The number of rotatable bonds is 7. The summed E-state index contributed by atoms with van der Waals surface area (Å²) in [5.41, 5.74) is 1.22. The van der Waals surface area contributed by atoms with Gasteiger partial charge in [0.05, 0.1) is 6.04 Å². The Labute approximate surface area is 181 Å². The van der Waals surface area contributed by atoms with Gasteiger partial charge in [0.15, 0.2) is 0 Å². The lowest BCUT2D eigenvalue weighted by molar-refractivity contribution is -0.138. The van der Waals surface area contributed by atoms with Crippen LogP contribution >= 0.6 is 12.4 Å². The first-order chi connectivity index (χ1) is 13.5. The minimum Gasteiger partial charge on any atom is -0.354 e. The molecule has 2 aliphatic heterocycles. The lowest BCUT2D eigenvalue weighted by Gasteiger charge is -2.36. The number of halogens is 1. The molecule has 0 spiro atoms. The lowest BCUT2D eigenvalue weighted by atomic mass is 9.86. The third-order valence-corrected chi connectivity index (χ3v) is 6.19. The first-order valence-corrected chi connectivity index (χ1v) is 10.9. The van der Waals surface area contributed by atoms with Crippen LogP contribution in [0.3, 0.4) is 0 Å². The molecule has 0 aliphatic carbocycles. The van der Waals surface area contributed by atoms with Crippen LogP contribution in [0, 0.1) is 17.8 Å². The van der Waals surface area contributed by atoms with Gasteiger partial charge in [-0.15, -0.1) is 12.4 Å². The van der Waals surface area contributed by atoms with Gasteiger partial charge >= 0.3 is 0 Å². The first-order valence-electron chi connectivity index (χ1n) is 10.9. The summed E-state index contributed by atoms with van der Waals surface area (Å²) in [7, 11) is 0. The number of carbonyl (C=O) groups is 2. The number of amides is 2. The molecular weight excluding hydrogens is 386 g/mol. The van der Waals surface area contributed by atoms with Gasteiger partial charge in [-0.05, 0) is 56.0 Å². The van der Waals surface area contributed by atoms with Crippen molar-refractivity contribution in [3.8, 4) is 0 Å². The number of piperidine rings is 1. The van der Waals surface area contributed by atoms with E-state index in [9.17, 15) is 9.59 Å².